The van der Waals surface area contributed by atoms with Crippen LogP contribution >= 0.6 is 0 Å². The molecule has 8 heteroatoms. The van der Waals surface area contributed by atoms with Crippen LogP contribution < -0.4 is 0 Å². The lowest BCUT2D eigenvalue weighted by atomic mass is 9.84. The fourth-order valence-corrected chi connectivity index (χ4v) is 2.95. The molecule has 0 aromatic carbocycles. The Balaban J connectivity index is 1.91. The molecular formula is C12H16F3NO4. The van der Waals surface area contributed by atoms with Gasteiger partial charge >= 0.3 is 18.1 Å². The summed E-state index contributed by atoms with van der Waals surface area (Å²) in [6, 6.07) is 0. The van der Waals surface area contributed by atoms with Crippen LogP contribution in [-0.4, -0.2) is 53.9 Å². The third-order valence-corrected chi connectivity index (χ3v) is 3.99. The summed E-state index contributed by atoms with van der Waals surface area (Å²) >= 11 is 0. The highest BCUT2D eigenvalue weighted by Crippen LogP contribution is 2.34. The SMILES string of the molecule is O=C(O)[C@@H]1CCO[C@H]1C1CCN(C(=O)C(F)(F)F)CC1. The molecule has 1 amide bonds. The largest absolute Gasteiger partial charge is 0.481 e. The monoisotopic (exact) mass is 295 g/mol. The summed E-state index contributed by atoms with van der Waals surface area (Å²) in [5.41, 5.74) is 0. The van der Waals surface area contributed by atoms with Crippen LogP contribution in [0.15, 0.2) is 0 Å². The molecule has 0 unspecified atom stereocenters. The second kappa shape index (κ2) is 5.59. The number of carbonyl (C=O) groups is 2. The summed E-state index contributed by atoms with van der Waals surface area (Å²) in [7, 11) is 0. The molecule has 2 atom stereocenters. The highest BCUT2D eigenvalue weighted by Gasteiger charge is 2.45. The molecule has 2 aliphatic heterocycles. The van der Waals surface area contributed by atoms with Crippen LogP contribution in [0.25, 0.3) is 0 Å². The second-order valence-electron chi connectivity index (χ2n) is 5.20. The molecule has 0 radical (unpaired) electrons. The highest BCUT2D eigenvalue weighted by molar-refractivity contribution is 5.81. The Morgan fingerprint density at radius 3 is 2.25 bits per heavy atom. The molecule has 2 aliphatic rings. The Morgan fingerprint density at radius 1 is 1.15 bits per heavy atom. The molecule has 0 aliphatic carbocycles. The van der Waals surface area contributed by atoms with Gasteiger partial charge in [-0.05, 0) is 25.2 Å². The van der Waals surface area contributed by atoms with E-state index in [1.54, 1.807) is 0 Å². The Hall–Kier alpha value is -1.31. The fraction of sp³-hybridized carbons (Fsp3) is 0.833. The van der Waals surface area contributed by atoms with E-state index < -0.39 is 30.1 Å². The van der Waals surface area contributed by atoms with Crippen LogP contribution in [0, 0.1) is 11.8 Å². The number of carbonyl (C=O) groups excluding carboxylic acids is 1. The van der Waals surface area contributed by atoms with Gasteiger partial charge in [-0.2, -0.15) is 13.2 Å². The first-order chi connectivity index (χ1) is 9.30. The maximum atomic E-state index is 12.3. The van der Waals surface area contributed by atoms with Crippen molar-refractivity contribution in [1.82, 2.24) is 4.90 Å². The van der Waals surface area contributed by atoms with Gasteiger partial charge < -0.3 is 14.7 Å². The van der Waals surface area contributed by atoms with Crippen molar-refractivity contribution >= 4 is 11.9 Å². The zero-order valence-corrected chi connectivity index (χ0v) is 10.7. The molecule has 2 rings (SSSR count). The lowest BCUT2D eigenvalue weighted by molar-refractivity contribution is -0.187. The number of aliphatic carboxylic acids is 1. The molecule has 2 heterocycles. The minimum absolute atomic E-state index is 0.00475. The van der Waals surface area contributed by atoms with Crippen LogP contribution in [0.4, 0.5) is 13.2 Å². The van der Waals surface area contributed by atoms with Gasteiger partial charge in [0.05, 0.1) is 12.0 Å². The minimum Gasteiger partial charge on any atom is -0.481 e. The standard InChI is InChI=1S/C12H16F3NO4/c13-12(14,15)11(19)16-4-1-7(2-5-16)9-8(10(17)18)3-6-20-9/h7-9H,1-6H2,(H,17,18)/t8-,9+/m1/s1. The number of nitrogens with zero attached hydrogens (tertiary/aromatic N) is 1. The number of hydrogen-bond acceptors (Lipinski definition) is 3. The predicted octanol–water partition coefficient (Wildman–Crippen LogP) is 1.28. The van der Waals surface area contributed by atoms with Gasteiger partial charge in [-0.1, -0.05) is 0 Å². The Morgan fingerprint density at radius 2 is 1.75 bits per heavy atom. The first kappa shape index (κ1) is 15.1. The number of amides is 1. The number of carboxylic acid groups (broad SMARTS) is 1. The van der Waals surface area contributed by atoms with Gasteiger partial charge in [-0.3, -0.25) is 9.59 Å². The van der Waals surface area contributed by atoms with Crippen LogP contribution in [-0.2, 0) is 14.3 Å². The summed E-state index contributed by atoms with van der Waals surface area (Å²) in [6.45, 7) is 0.355. The smallest absolute Gasteiger partial charge is 0.471 e. The number of ether oxygens (including phenoxy) is 1. The Bertz CT molecular complexity index is 391. The molecular weight excluding hydrogens is 279 g/mol. The van der Waals surface area contributed by atoms with Gasteiger partial charge in [-0.15, -0.1) is 0 Å². The van der Waals surface area contributed by atoms with E-state index in [0.717, 1.165) is 4.90 Å². The van der Waals surface area contributed by atoms with Crippen LogP contribution in [0.5, 0.6) is 0 Å². The van der Waals surface area contributed by atoms with Crippen LogP contribution in [0.1, 0.15) is 19.3 Å². The van der Waals surface area contributed by atoms with E-state index in [1.807, 2.05) is 0 Å². The molecule has 5 nitrogen and oxygen atoms in total. The van der Waals surface area contributed by atoms with Gasteiger partial charge in [0.2, 0.25) is 0 Å². The third kappa shape index (κ3) is 3.05. The van der Waals surface area contributed by atoms with E-state index in [1.165, 1.54) is 0 Å². The molecule has 0 spiro atoms. The lowest BCUT2D eigenvalue weighted by Crippen LogP contribution is -2.47. The van der Waals surface area contributed by atoms with Gasteiger partial charge in [0.25, 0.3) is 0 Å². The Kier molecular flexibility index (Phi) is 4.22. The average Bonchev–Trinajstić information content (AvgIpc) is 2.86. The number of carboxylic acids is 1. The molecule has 0 aromatic heterocycles. The van der Waals surface area contributed by atoms with E-state index in [-0.39, 0.29) is 19.0 Å². The van der Waals surface area contributed by atoms with Gasteiger partial charge in [-0.25, -0.2) is 0 Å². The van der Waals surface area contributed by atoms with E-state index in [9.17, 15) is 22.8 Å². The van der Waals surface area contributed by atoms with E-state index in [4.69, 9.17) is 9.84 Å². The maximum absolute atomic E-state index is 12.3. The normalized spacial score (nSPS) is 28.6. The van der Waals surface area contributed by atoms with E-state index in [0.29, 0.717) is 25.9 Å². The van der Waals surface area contributed by atoms with Gasteiger partial charge in [0.15, 0.2) is 0 Å². The number of halogens is 3. The van der Waals surface area contributed by atoms with Crippen molar-refractivity contribution in [1.29, 1.82) is 0 Å². The van der Waals surface area contributed by atoms with Crippen molar-refractivity contribution in [2.24, 2.45) is 11.8 Å². The Labute approximate surface area is 113 Å². The zero-order chi connectivity index (χ0) is 14.9. The second-order valence-corrected chi connectivity index (χ2v) is 5.20. The number of alkyl halides is 3. The number of rotatable bonds is 2. The summed E-state index contributed by atoms with van der Waals surface area (Å²) in [5.74, 6) is -3.44. The quantitative estimate of drug-likeness (QED) is 0.833. The lowest BCUT2D eigenvalue weighted by Gasteiger charge is -2.35. The summed E-state index contributed by atoms with van der Waals surface area (Å²) in [5, 5.41) is 9.07. The van der Waals surface area contributed by atoms with Crippen molar-refractivity contribution in [2.75, 3.05) is 19.7 Å². The molecule has 2 saturated heterocycles. The third-order valence-electron chi connectivity index (χ3n) is 3.99. The predicted molar refractivity (Wildman–Crippen MR) is 60.8 cm³/mol. The van der Waals surface area contributed by atoms with Crippen LogP contribution in [0.2, 0.25) is 0 Å². The molecule has 0 aromatic rings. The average molecular weight is 295 g/mol. The number of likely N-dealkylation sites (tertiary alicyclic amines) is 1. The summed E-state index contributed by atoms with van der Waals surface area (Å²) in [6.07, 6.45) is -4.18. The first-order valence-corrected chi connectivity index (χ1v) is 6.51. The summed E-state index contributed by atoms with van der Waals surface area (Å²) < 4.78 is 42.3. The topological polar surface area (TPSA) is 66.8 Å². The molecule has 1 N–H and O–H groups in total. The fourth-order valence-electron chi connectivity index (χ4n) is 2.95. The van der Waals surface area contributed by atoms with Gasteiger partial charge in [0.1, 0.15) is 0 Å². The highest BCUT2D eigenvalue weighted by atomic mass is 19.4. The minimum atomic E-state index is -4.85. The van der Waals surface area contributed by atoms with Crippen molar-refractivity contribution in [3.8, 4) is 0 Å². The van der Waals surface area contributed by atoms with Crippen molar-refractivity contribution in [3.05, 3.63) is 0 Å². The molecule has 0 bridgehead atoms. The first-order valence-electron chi connectivity index (χ1n) is 6.51. The van der Waals surface area contributed by atoms with Crippen molar-refractivity contribution in [2.45, 2.75) is 31.5 Å². The van der Waals surface area contributed by atoms with Gasteiger partial charge in [0, 0.05) is 19.7 Å². The van der Waals surface area contributed by atoms with Crippen LogP contribution in [0.3, 0.4) is 0 Å². The number of piperidine rings is 1. The van der Waals surface area contributed by atoms with Crippen molar-refractivity contribution in [3.63, 3.8) is 0 Å². The van der Waals surface area contributed by atoms with E-state index >= 15 is 0 Å². The van der Waals surface area contributed by atoms with Crippen molar-refractivity contribution < 1.29 is 32.6 Å². The zero-order valence-electron chi connectivity index (χ0n) is 10.7. The maximum Gasteiger partial charge on any atom is 0.471 e. The van der Waals surface area contributed by atoms with E-state index in [2.05, 4.69) is 0 Å². The molecule has 114 valence electrons. The summed E-state index contributed by atoms with van der Waals surface area (Å²) in [4.78, 5) is 22.9. The molecule has 0 saturated carbocycles. The molecule has 2 fully saturated rings. The molecule has 20 heavy (non-hydrogen) atoms. The number of hydrogen-bond donors (Lipinski definition) is 1.